The summed E-state index contributed by atoms with van der Waals surface area (Å²) in [6.07, 6.45) is 3.83. The third-order valence-electron chi connectivity index (χ3n) is 3.54. The second-order valence-corrected chi connectivity index (χ2v) is 5.16. The number of aliphatic imine (C=N–C) groups is 1. The fourth-order valence-corrected chi connectivity index (χ4v) is 2.39. The number of amidine groups is 1. The van der Waals surface area contributed by atoms with Crippen LogP contribution in [-0.4, -0.2) is 30.9 Å². The van der Waals surface area contributed by atoms with Crippen molar-refractivity contribution in [2.45, 2.75) is 6.42 Å². The van der Waals surface area contributed by atoms with E-state index in [2.05, 4.69) is 15.3 Å². The molecule has 0 atom stereocenters. The number of nitrogens with one attached hydrogen (secondary N) is 1. The van der Waals surface area contributed by atoms with E-state index in [9.17, 15) is 4.79 Å². The van der Waals surface area contributed by atoms with Crippen LogP contribution in [0.5, 0.6) is 11.5 Å². The van der Waals surface area contributed by atoms with Crippen LogP contribution >= 0.6 is 0 Å². The summed E-state index contributed by atoms with van der Waals surface area (Å²) in [6.45, 7) is 0. The molecule has 1 N–H and O–H groups in total. The second-order valence-electron chi connectivity index (χ2n) is 5.16. The van der Waals surface area contributed by atoms with Gasteiger partial charge >= 0.3 is 0 Å². The lowest BCUT2D eigenvalue weighted by Crippen LogP contribution is -2.25. The van der Waals surface area contributed by atoms with Gasteiger partial charge in [0.2, 0.25) is 0 Å². The van der Waals surface area contributed by atoms with Gasteiger partial charge in [0.15, 0.2) is 11.5 Å². The normalized spacial score (nSPS) is 15.2. The maximum absolute atomic E-state index is 12.0. The molecular weight excluding hydrogens is 306 g/mol. The van der Waals surface area contributed by atoms with Gasteiger partial charge in [-0.1, -0.05) is 12.1 Å². The van der Waals surface area contributed by atoms with Crippen molar-refractivity contribution in [1.29, 1.82) is 0 Å². The summed E-state index contributed by atoms with van der Waals surface area (Å²) in [4.78, 5) is 20.6. The van der Waals surface area contributed by atoms with E-state index in [1.54, 1.807) is 26.5 Å². The Hall–Kier alpha value is -3.15. The van der Waals surface area contributed by atoms with Crippen LogP contribution in [-0.2, 0) is 11.2 Å². The maximum Gasteiger partial charge on any atom is 0.275 e. The molecule has 2 heterocycles. The molecule has 1 aromatic heterocycles. The monoisotopic (exact) mass is 323 g/mol. The van der Waals surface area contributed by atoms with Crippen molar-refractivity contribution in [2.75, 3.05) is 14.2 Å². The molecule has 0 saturated carbocycles. The predicted octanol–water partition coefficient (Wildman–Crippen LogP) is 2.21. The van der Waals surface area contributed by atoms with Crippen LogP contribution in [0.2, 0.25) is 0 Å². The third-order valence-corrected chi connectivity index (χ3v) is 3.54. The summed E-state index contributed by atoms with van der Waals surface area (Å²) < 4.78 is 10.5. The summed E-state index contributed by atoms with van der Waals surface area (Å²) in [5.74, 6) is 1.67. The van der Waals surface area contributed by atoms with Gasteiger partial charge in [-0.3, -0.25) is 9.78 Å². The largest absolute Gasteiger partial charge is 0.493 e. The Bertz CT molecular complexity index is 814. The smallest absolute Gasteiger partial charge is 0.275 e. The molecule has 24 heavy (non-hydrogen) atoms. The highest BCUT2D eigenvalue weighted by Crippen LogP contribution is 2.28. The van der Waals surface area contributed by atoms with Gasteiger partial charge in [0.1, 0.15) is 11.5 Å². The first kappa shape index (κ1) is 15.7. The standard InChI is InChI=1S/C18H17N3O3/c1-23-15-7-6-12(9-16(15)24-2)10-17-20-14(18(22)21-17)11-13-5-3-4-8-19-13/h3-9,11H,10H2,1-2H3,(H,20,21,22)/b14-11+. The molecule has 0 saturated heterocycles. The van der Waals surface area contributed by atoms with E-state index in [-0.39, 0.29) is 5.91 Å². The van der Waals surface area contributed by atoms with Crippen molar-refractivity contribution in [3.05, 3.63) is 59.5 Å². The number of aromatic nitrogens is 1. The fourth-order valence-electron chi connectivity index (χ4n) is 2.39. The molecule has 1 amide bonds. The molecular formula is C18H17N3O3. The van der Waals surface area contributed by atoms with E-state index >= 15 is 0 Å². The van der Waals surface area contributed by atoms with Crippen molar-refractivity contribution >= 4 is 17.8 Å². The number of carbonyl (C=O) groups is 1. The Balaban J connectivity index is 1.80. The summed E-state index contributed by atoms with van der Waals surface area (Å²) in [6, 6.07) is 11.1. The van der Waals surface area contributed by atoms with Crippen LogP contribution in [0, 0.1) is 0 Å². The van der Waals surface area contributed by atoms with E-state index in [0.717, 1.165) is 5.56 Å². The SMILES string of the molecule is COc1ccc(CC2=N/C(=C/c3ccccn3)C(=O)N2)cc1OC. The van der Waals surface area contributed by atoms with Crippen molar-refractivity contribution in [3.63, 3.8) is 0 Å². The molecule has 0 radical (unpaired) electrons. The molecule has 0 unspecified atom stereocenters. The van der Waals surface area contributed by atoms with Crippen molar-refractivity contribution in [3.8, 4) is 11.5 Å². The molecule has 1 aliphatic heterocycles. The van der Waals surface area contributed by atoms with Gasteiger partial charge in [0.25, 0.3) is 5.91 Å². The first-order valence-corrected chi connectivity index (χ1v) is 7.42. The quantitative estimate of drug-likeness (QED) is 0.856. The molecule has 1 aromatic carbocycles. The van der Waals surface area contributed by atoms with Gasteiger partial charge in [-0.25, -0.2) is 4.99 Å². The predicted molar refractivity (Wildman–Crippen MR) is 91.0 cm³/mol. The first-order valence-electron chi connectivity index (χ1n) is 7.42. The summed E-state index contributed by atoms with van der Waals surface area (Å²) >= 11 is 0. The number of pyridine rings is 1. The van der Waals surface area contributed by atoms with E-state index < -0.39 is 0 Å². The second kappa shape index (κ2) is 6.95. The molecule has 0 fully saturated rings. The molecule has 6 heteroatoms. The van der Waals surface area contributed by atoms with Crippen molar-refractivity contribution in [1.82, 2.24) is 10.3 Å². The third kappa shape index (κ3) is 3.43. The first-order chi connectivity index (χ1) is 11.7. The number of ether oxygens (including phenoxy) is 2. The zero-order valence-electron chi connectivity index (χ0n) is 13.4. The number of benzene rings is 1. The van der Waals surface area contributed by atoms with Gasteiger partial charge < -0.3 is 14.8 Å². The minimum atomic E-state index is -0.226. The lowest BCUT2D eigenvalue weighted by molar-refractivity contribution is -0.115. The average Bonchev–Trinajstić information content (AvgIpc) is 2.94. The molecule has 122 valence electrons. The lowest BCUT2D eigenvalue weighted by Gasteiger charge is -2.09. The highest BCUT2D eigenvalue weighted by atomic mass is 16.5. The van der Waals surface area contributed by atoms with E-state index in [0.29, 0.717) is 35.1 Å². The van der Waals surface area contributed by atoms with E-state index in [4.69, 9.17) is 9.47 Å². The molecule has 1 aliphatic rings. The van der Waals surface area contributed by atoms with E-state index in [1.807, 2.05) is 36.4 Å². The van der Waals surface area contributed by atoms with Crippen LogP contribution in [0.3, 0.4) is 0 Å². The van der Waals surface area contributed by atoms with Crippen LogP contribution < -0.4 is 14.8 Å². The van der Waals surface area contributed by atoms with Crippen LogP contribution in [0.1, 0.15) is 11.3 Å². The molecule has 3 rings (SSSR count). The molecule has 0 aliphatic carbocycles. The van der Waals surface area contributed by atoms with Crippen molar-refractivity contribution in [2.24, 2.45) is 4.99 Å². The van der Waals surface area contributed by atoms with Gasteiger partial charge in [-0.15, -0.1) is 0 Å². The highest BCUT2D eigenvalue weighted by molar-refractivity contribution is 6.14. The Morgan fingerprint density at radius 3 is 2.67 bits per heavy atom. The highest BCUT2D eigenvalue weighted by Gasteiger charge is 2.20. The number of nitrogens with zero attached hydrogens (tertiary/aromatic N) is 2. The number of carbonyl (C=O) groups excluding carboxylic acids is 1. The zero-order chi connectivity index (χ0) is 16.9. The number of methoxy groups -OCH3 is 2. The fraction of sp³-hybridized carbons (Fsp3) is 0.167. The summed E-state index contributed by atoms with van der Waals surface area (Å²) in [5.41, 5.74) is 2.01. The number of amides is 1. The number of hydrogen-bond acceptors (Lipinski definition) is 5. The zero-order valence-corrected chi connectivity index (χ0v) is 13.4. The van der Waals surface area contributed by atoms with Gasteiger partial charge in [-0.2, -0.15) is 0 Å². The Morgan fingerprint density at radius 2 is 1.96 bits per heavy atom. The number of hydrogen-bond donors (Lipinski definition) is 1. The minimum Gasteiger partial charge on any atom is -0.493 e. The van der Waals surface area contributed by atoms with Gasteiger partial charge in [0.05, 0.1) is 19.9 Å². The summed E-state index contributed by atoms with van der Waals surface area (Å²) in [7, 11) is 3.18. The molecule has 6 nitrogen and oxygen atoms in total. The Labute approximate surface area is 139 Å². The van der Waals surface area contributed by atoms with Gasteiger partial charge in [0, 0.05) is 12.6 Å². The molecule has 0 spiro atoms. The Morgan fingerprint density at radius 1 is 1.12 bits per heavy atom. The van der Waals surface area contributed by atoms with Crippen LogP contribution in [0.15, 0.2) is 53.3 Å². The molecule has 0 bridgehead atoms. The Kier molecular flexibility index (Phi) is 4.56. The molecule has 2 aromatic rings. The maximum atomic E-state index is 12.0. The lowest BCUT2D eigenvalue weighted by atomic mass is 10.1. The number of rotatable bonds is 5. The van der Waals surface area contributed by atoms with Crippen molar-refractivity contribution < 1.29 is 14.3 Å². The van der Waals surface area contributed by atoms with Crippen LogP contribution in [0.4, 0.5) is 0 Å². The summed E-state index contributed by atoms with van der Waals surface area (Å²) in [5, 5.41) is 2.78. The van der Waals surface area contributed by atoms with E-state index in [1.165, 1.54) is 0 Å². The topological polar surface area (TPSA) is 72.8 Å². The van der Waals surface area contributed by atoms with Crippen LogP contribution in [0.25, 0.3) is 6.08 Å². The average molecular weight is 323 g/mol. The minimum absolute atomic E-state index is 0.226. The van der Waals surface area contributed by atoms with Gasteiger partial charge in [-0.05, 0) is 35.9 Å².